The molecule has 2 rings (SSSR count). The molecule has 0 saturated heterocycles. The number of thioether (sulfide) groups is 1. The topological polar surface area (TPSA) is 16.1 Å². The fourth-order valence-electron chi connectivity index (χ4n) is 1.69. The molecule has 0 radical (unpaired) electrons. The summed E-state index contributed by atoms with van der Waals surface area (Å²) in [6.45, 7) is 1.14. The maximum atomic E-state index is 4.64. The molecule has 0 spiro atoms. The molecule has 0 amide bonds. The molecular weight excluding hydrogens is 228 g/mol. The Labute approximate surface area is 107 Å². The second-order valence-electron chi connectivity index (χ2n) is 4.35. The molecule has 1 heterocycles. The van der Waals surface area contributed by atoms with E-state index in [0.717, 1.165) is 22.8 Å². The molecule has 2 nitrogen and oxygen atoms in total. The maximum absolute atomic E-state index is 4.64. The molecule has 2 aromatic rings. The van der Waals surface area contributed by atoms with Crippen LogP contribution in [0.5, 0.6) is 0 Å². The van der Waals surface area contributed by atoms with Crippen molar-refractivity contribution < 1.29 is 0 Å². The van der Waals surface area contributed by atoms with Crippen molar-refractivity contribution >= 4 is 22.7 Å². The molecule has 1 aromatic heterocycles. The minimum absolute atomic E-state index is 1.09. The second kappa shape index (κ2) is 6.03. The van der Waals surface area contributed by atoms with E-state index in [9.17, 15) is 0 Å². The lowest BCUT2D eigenvalue weighted by atomic mass is 10.2. The summed E-state index contributed by atoms with van der Waals surface area (Å²) in [6.07, 6.45) is 1.20. The van der Waals surface area contributed by atoms with Crippen molar-refractivity contribution in [1.29, 1.82) is 0 Å². The molecule has 0 saturated carbocycles. The van der Waals surface area contributed by atoms with Gasteiger partial charge in [0.05, 0.1) is 10.5 Å². The monoisotopic (exact) mass is 246 g/mol. The lowest BCUT2D eigenvalue weighted by molar-refractivity contribution is 0.410. The van der Waals surface area contributed by atoms with Crippen molar-refractivity contribution in [3.63, 3.8) is 0 Å². The minimum Gasteiger partial charge on any atom is -0.309 e. The summed E-state index contributed by atoms with van der Waals surface area (Å²) < 4.78 is 0. The average molecular weight is 246 g/mol. The van der Waals surface area contributed by atoms with Gasteiger partial charge in [0.2, 0.25) is 0 Å². The number of rotatable bonds is 5. The third kappa shape index (κ3) is 3.72. The normalized spacial score (nSPS) is 11.2. The van der Waals surface area contributed by atoms with E-state index in [1.165, 1.54) is 11.8 Å². The van der Waals surface area contributed by atoms with Gasteiger partial charge in [-0.25, -0.2) is 4.98 Å². The van der Waals surface area contributed by atoms with Crippen LogP contribution in [0.4, 0.5) is 0 Å². The molecule has 0 unspecified atom stereocenters. The summed E-state index contributed by atoms with van der Waals surface area (Å²) in [6, 6.07) is 12.5. The fraction of sp³-hybridized carbons (Fsp3) is 0.357. The Morgan fingerprint density at radius 3 is 2.76 bits per heavy atom. The first-order valence-electron chi connectivity index (χ1n) is 5.89. The molecule has 90 valence electrons. The van der Waals surface area contributed by atoms with Gasteiger partial charge in [-0.1, -0.05) is 24.3 Å². The molecule has 0 N–H and O–H groups in total. The lowest BCUT2D eigenvalue weighted by Crippen LogP contribution is -2.13. The zero-order chi connectivity index (χ0) is 12.1. The van der Waals surface area contributed by atoms with Crippen LogP contribution in [-0.2, 0) is 0 Å². The number of hydrogen-bond acceptors (Lipinski definition) is 3. The van der Waals surface area contributed by atoms with Gasteiger partial charge in [-0.2, -0.15) is 0 Å². The van der Waals surface area contributed by atoms with Gasteiger partial charge >= 0.3 is 0 Å². The van der Waals surface area contributed by atoms with E-state index >= 15 is 0 Å². The number of nitrogens with zero attached hydrogens (tertiary/aromatic N) is 2. The number of aromatic nitrogens is 1. The van der Waals surface area contributed by atoms with Gasteiger partial charge in [-0.15, -0.1) is 11.8 Å². The SMILES string of the molecule is CN(C)CCCSc1ccc2ccccc2n1. The molecule has 0 aliphatic heterocycles. The average Bonchev–Trinajstić information content (AvgIpc) is 2.34. The zero-order valence-corrected chi connectivity index (χ0v) is 11.2. The largest absolute Gasteiger partial charge is 0.309 e. The molecule has 17 heavy (non-hydrogen) atoms. The lowest BCUT2D eigenvalue weighted by Gasteiger charge is -2.08. The van der Waals surface area contributed by atoms with Gasteiger partial charge < -0.3 is 4.90 Å². The van der Waals surface area contributed by atoms with E-state index in [1.54, 1.807) is 0 Å². The van der Waals surface area contributed by atoms with E-state index in [0.29, 0.717) is 0 Å². The Kier molecular flexibility index (Phi) is 4.40. The first kappa shape index (κ1) is 12.4. The van der Waals surface area contributed by atoms with Crippen molar-refractivity contribution in [1.82, 2.24) is 9.88 Å². The molecule has 3 heteroatoms. The highest BCUT2D eigenvalue weighted by Crippen LogP contribution is 2.20. The van der Waals surface area contributed by atoms with Crippen LogP contribution in [0.3, 0.4) is 0 Å². The number of benzene rings is 1. The first-order chi connectivity index (χ1) is 8.25. The van der Waals surface area contributed by atoms with Crippen LogP contribution in [0.25, 0.3) is 10.9 Å². The van der Waals surface area contributed by atoms with Gasteiger partial charge in [-0.05, 0) is 39.2 Å². The van der Waals surface area contributed by atoms with Crippen molar-refractivity contribution in [2.45, 2.75) is 11.4 Å². The summed E-state index contributed by atoms with van der Waals surface area (Å²) in [5.74, 6) is 1.13. The van der Waals surface area contributed by atoms with Gasteiger partial charge in [0.15, 0.2) is 0 Å². The van der Waals surface area contributed by atoms with Gasteiger partial charge in [-0.3, -0.25) is 0 Å². The van der Waals surface area contributed by atoms with E-state index in [4.69, 9.17) is 0 Å². The van der Waals surface area contributed by atoms with Gasteiger partial charge in [0, 0.05) is 11.1 Å². The van der Waals surface area contributed by atoms with Crippen LogP contribution < -0.4 is 0 Å². The van der Waals surface area contributed by atoms with E-state index < -0.39 is 0 Å². The fourth-order valence-corrected chi connectivity index (χ4v) is 2.49. The number of pyridine rings is 1. The van der Waals surface area contributed by atoms with Crippen LogP contribution in [0.2, 0.25) is 0 Å². The van der Waals surface area contributed by atoms with E-state index in [-0.39, 0.29) is 0 Å². The maximum Gasteiger partial charge on any atom is 0.0967 e. The predicted molar refractivity (Wildman–Crippen MR) is 75.6 cm³/mol. The smallest absolute Gasteiger partial charge is 0.0967 e. The molecule has 0 aliphatic carbocycles. The van der Waals surface area contributed by atoms with Crippen molar-refractivity contribution in [3.05, 3.63) is 36.4 Å². The van der Waals surface area contributed by atoms with Crippen LogP contribution >= 0.6 is 11.8 Å². The molecule has 0 atom stereocenters. The van der Waals surface area contributed by atoms with Crippen LogP contribution in [-0.4, -0.2) is 36.3 Å². The number of hydrogen-bond donors (Lipinski definition) is 0. The first-order valence-corrected chi connectivity index (χ1v) is 6.87. The standard InChI is InChI=1S/C14H18N2S/c1-16(2)10-5-11-17-14-9-8-12-6-3-4-7-13(12)15-14/h3-4,6-9H,5,10-11H2,1-2H3. The zero-order valence-electron chi connectivity index (χ0n) is 10.4. The Hall–Kier alpha value is -1.06. The molecule has 1 aromatic carbocycles. The van der Waals surface area contributed by atoms with Crippen molar-refractivity contribution in [3.8, 4) is 0 Å². The third-order valence-electron chi connectivity index (χ3n) is 2.57. The summed E-state index contributed by atoms with van der Waals surface area (Å²) in [7, 11) is 4.22. The van der Waals surface area contributed by atoms with Gasteiger partial charge in [0.1, 0.15) is 0 Å². The van der Waals surface area contributed by atoms with Crippen LogP contribution in [0.15, 0.2) is 41.4 Å². The van der Waals surface area contributed by atoms with Crippen molar-refractivity contribution in [2.75, 3.05) is 26.4 Å². The van der Waals surface area contributed by atoms with Crippen molar-refractivity contribution in [2.24, 2.45) is 0 Å². The highest BCUT2D eigenvalue weighted by Gasteiger charge is 1.99. The third-order valence-corrected chi connectivity index (χ3v) is 3.59. The second-order valence-corrected chi connectivity index (χ2v) is 5.46. The van der Waals surface area contributed by atoms with Crippen LogP contribution in [0, 0.1) is 0 Å². The highest BCUT2D eigenvalue weighted by atomic mass is 32.2. The molecule has 0 fully saturated rings. The predicted octanol–water partition coefficient (Wildman–Crippen LogP) is 3.28. The van der Waals surface area contributed by atoms with E-state index in [1.807, 2.05) is 23.9 Å². The Bertz CT molecular complexity index is 482. The minimum atomic E-state index is 1.09. The Morgan fingerprint density at radius 2 is 1.94 bits per heavy atom. The molecule has 0 bridgehead atoms. The highest BCUT2D eigenvalue weighted by molar-refractivity contribution is 7.99. The van der Waals surface area contributed by atoms with Crippen LogP contribution in [0.1, 0.15) is 6.42 Å². The quantitative estimate of drug-likeness (QED) is 0.595. The summed E-state index contributed by atoms with van der Waals surface area (Å²) in [4.78, 5) is 6.86. The molecular formula is C14H18N2S. The van der Waals surface area contributed by atoms with E-state index in [2.05, 4.69) is 48.2 Å². The number of para-hydroxylation sites is 1. The molecule has 0 aliphatic rings. The van der Waals surface area contributed by atoms with Gasteiger partial charge in [0.25, 0.3) is 0 Å². The summed E-state index contributed by atoms with van der Waals surface area (Å²) in [5.41, 5.74) is 1.09. The summed E-state index contributed by atoms with van der Waals surface area (Å²) >= 11 is 1.84. The summed E-state index contributed by atoms with van der Waals surface area (Å²) in [5, 5.41) is 2.34. The Balaban J connectivity index is 1.95. The number of fused-ring (bicyclic) bond motifs is 1. The Morgan fingerprint density at radius 1 is 1.12 bits per heavy atom.